The van der Waals surface area contributed by atoms with Gasteiger partial charge in [0.15, 0.2) is 0 Å². The van der Waals surface area contributed by atoms with Crippen LogP contribution in [-0.2, 0) is 0 Å². The third kappa shape index (κ3) is 2.87. The molecule has 0 unspecified atom stereocenters. The lowest BCUT2D eigenvalue weighted by molar-refractivity contribution is 0.869. The van der Waals surface area contributed by atoms with E-state index in [2.05, 4.69) is 79.2 Å². The van der Waals surface area contributed by atoms with Gasteiger partial charge in [-0.15, -0.1) is 0 Å². The monoisotopic (exact) mass is 324 g/mol. The molecular weight excluding hydrogens is 304 g/mol. The van der Waals surface area contributed by atoms with Crippen molar-refractivity contribution in [3.8, 4) is 28.1 Å². The van der Waals surface area contributed by atoms with Crippen LogP contribution in [0.25, 0.3) is 28.1 Å². The molecule has 0 aliphatic carbocycles. The van der Waals surface area contributed by atoms with Gasteiger partial charge < -0.3 is 0 Å². The van der Waals surface area contributed by atoms with E-state index in [9.17, 15) is 0 Å². The van der Waals surface area contributed by atoms with Crippen molar-refractivity contribution >= 4 is 0 Å². The molecule has 4 rings (SSSR count). The third-order valence-corrected chi connectivity index (χ3v) is 4.45. The summed E-state index contributed by atoms with van der Waals surface area (Å²) in [5.41, 5.74) is 8.06. The molecule has 0 fully saturated rings. The molecule has 3 aromatic carbocycles. The molecule has 0 aliphatic heterocycles. The second kappa shape index (κ2) is 6.40. The van der Waals surface area contributed by atoms with Crippen LogP contribution in [0.4, 0.5) is 0 Å². The van der Waals surface area contributed by atoms with Crippen LogP contribution >= 0.6 is 0 Å². The number of benzene rings is 3. The number of aryl methyl sites for hydroxylation is 2. The Bertz CT molecular complexity index is 982. The molecule has 1 heterocycles. The van der Waals surface area contributed by atoms with E-state index in [0.29, 0.717) is 0 Å². The molecule has 25 heavy (non-hydrogen) atoms. The highest BCUT2D eigenvalue weighted by Gasteiger charge is 2.19. The fourth-order valence-electron chi connectivity index (χ4n) is 3.21. The number of hydrogen-bond acceptors (Lipinski definition) is 1. The summed E-state index contributed by atoms with van der Waals surface area (Å²) in [5, 5.41) is 4.87. The molecule has 0 aliphatic rings. The minimum Gasteiger partial charge on any atom is -0.232 e. The molecule has 0 atom stereocenters. The van der Waals surface area contributed by atoms with Gasteiger partial charge in [0.25, 0.3) is 0 Å². The van der Waals surface area contributed by atoms with Crippen LogP contribution in [-0.4, -0.2) is 9.78 Å². The number of aromatic nitrogens is 2. The van der Waals surface area contributed by atoms with Crippen LogP contribution < -0.4 is 0 Å². The predicted octanol–water partition coefficient (Wildman–Crippen LogP) is 5.82. The zero-order chi connectivity index (χ0) is 17.2. The molecular formula is C23H20N2. The average Bonchev–Trinajstić information content (AvgIpc) is 3.01. The van der Waals surface area contributed by atoms with Crippen LogP contribution in [0.2, 0.25) is 0 Å². The first-order chi connectivity index (χ1) is 12.2. The second-order valence-electron chi connectivity index (χ2n) is 6.29. The molecule has 0 saturated heterocycles. The second-order valence-corrected chi connectivity index (χ2v) is 6.29. The van der Waals surface area contributed by atoms with Crippen molar-refractivity contribution < 1.29 is 0 Å². The summed E-state index contributed by atoms with van der Waals surface area (Å²) in [6, 6.07) is 29.5. The minimum absolute atomic E-state index is 1.03. The van der Waals surface area contributed by atoms with E-state index in [1.54, 1.807) is 0 Å². The minimum atomic E-state index is 1.03. The summed E-state index contributed by atoms with van der Waals surface area (Å²) >= 11 is 0. The molecule has 1 aromatic heterocycles. The molecule has 0 radical (unpaired) electrons. The molecule has 2 nitrogen and oxygen atoms in total. The van der Waals surface area contributed by atoms with Crippen molar-refractivity contribution in [3.63, 3.8) is 0 Å². The largest absolute Gasteiger partial charge is 0.232 e. The predicted molar refractivity (Wildman–Crippen MR) is 104 cm³/mol. The van der Waals surface area contributed by atoms with Crippen molar-refractivity contribution in [2.45, 2.75) is 13.8 Å². The Morgan fingerprint density at radius 3 is 1.88 bits per heavy atom. The summed E-state index contributed by atoms with van der Waals surface area (Å²) in [4.78, 5) is 0. The molecule has 0 bridgehead atoms. The fourth-order valence-corrected chi connectivity index (χ4v) is 3.21. The molecule has 0 amide bonds. The molecule has 4 aromatic rings. The highest BCUT2D eigenvalue weighted by molar-refractivity contribution is 5.84. The summed E-state index contributed by atoms with van der Waals surface area (Å²) in [5.74, 6) is 0. The first-order valence-corrected chi connectivity index (χ1v) is 8.51. The first kappa shape index (κ1) is 15.4. The Morgan fingerprint density at radius 2 is 1.24 bits per heavy atom. The van der Waals surface area contributed by atoms with Crippen LogP contribution in [0, 0.1) is 13.8 Å². The highest BCUT2D eigenvalue weighted by Crippen LogP contribution is 2.36. The summed E-state index contributed by atoms with van der Waals surface area (Å²) < 4.78 is 2.06. The highest BCUT2D eigenvalue weighted by atomic mass is 15.3. The normalized spacial score (nSPS) is 10.8. The van der Waals surface area contributed by atoms with E-state index < -0.39 is 0 Å². The summed E-state index contributed by atoms with van der Waals surface area (Å²) in [6.07, 6.45) is 0. The average molecular weight is 324 g/mol. The Hall–Kier alpha value is -3.13. The van der Waals surface area contributed by atoms with Crippen LogP contribution in [0.15, 0.2) is 84.9 Å². The number of nitrogens with zero attached hydrogens (tertiary/aromatic N) is 2. The van der Waals surface area contributed by atoms with E-state index in [4.69, 9.17) is 5.10 Å². The van der Waals surface area contributed by atoms with Crippen molar-refractivity contribution in [2.24, 2.45) is 0 Å². The Morgan fingerprint density at radius 1 is 0.640 bits per heavy atom. The van der Waals surface area contributed by atoms with E-state index in [1.165, 1.54) is 22.3 Å². The van der Waals surface area contributed by atoms with Crippen molar-refractivity contribution in [1.29, 1.82) is 0 Å². The van der Waals surface area contributed by atoms with Crippen molar-refractivity contribution in [3.05, 3.63) is 96.2 Å². The van der Waals surface area contributed by atoms with Gasteiger partial charge in [0, 0.05) is 11.1 Å². The van der Waals surface area contributed by atoms with Gasteiger partial charge in [-0.2, -0.15) is 5.10 Å². The van der Waals surface area contributed by atoms with Gasteiger partial charge in [0.1, 0.15) is 0 Å². The van der Waals surface area contributed by atoms with Crippen LogP contribution in [0.1, 0.15) is 11.3 Å². The lowest BCUT2D eigenvalue weighted by Gasteiger charge is -2.11. The van der Waals surface area contributed by atoms with Crippen molar-refractivity contribution in [1.82, 2.24) is 9.78 Å². The Labute approximate surface area is 148 Å². The van der Waals surface area contributed by atoms with Gasteiger partial charge >= 0.3 is 0 Å². The standard InChI is InChI=1S/C23H20N2/c1-17-13-15-19(16-14-17)22-18(2)24-25(21-11-7-4-8-12-21)23(22)20-9-5-3-6-10-20/h3-16H,1-2H3. The summed E-state index contributed by atoms with van der Waals surface area (Å²) in [6.45, 7) is 4.20. The van der Waals surface area contributed by atoms with E-state index in [-0.39, 0.29) is 0 Å². The van der Waals surface area contributed by atoms with E-state index in [1.807, 2.05) is 24.3 Å². The van der Waals surface area contributed by atoms with Crippen molar-refractivity contribution in [2.75, 3.05) is 0 Å². The molecule has 122 valence electrons. The zero-order valence-corrected chi connectivity index (χ0v) is 14.5. The fraction of sp³-hybridized carbons (Fsp3) is 0.0870. The first-order valence-electron chi connectivity index (χ1n) is 8.51. The number of rotatable bonds is 3. The van der Waals surface area contributed by atoms with Gasteiger partial charge in [0.05, 0.1) is 17.1 Å². The van der Waals surface area contributed by atoms with Gasteiger partial charge in [0.2, 0.25) is 0 Å². The number of para-hydroxylation sites is 1. The van der Waals surface area contributed by atoms with Gasteiger partial charge in [-0.05, 0) is 31.5 Å². The molecule has 0 spiro atoms. The smallest absolute Gasteiger partial charge is 0.0822 e. The third-order valence-electron chi connectivity index (χ3n) is 4.45. The van der Waals surface area contributed by atoms with E-state index >= 15 is 0 Å². The maximum atomic E-state index is 4.87. The topological polar surface area (TPSA) is 17.8 Å². The summed E-state index contributed by atoms with van der Waals surface area (Å²) in [7, 11) is 0. The van der Waals surface area contributed by atoms with Crippen LogP contribution in [0.5, 0.6) is 0 Å². The maximum absolute atomic E-state index is 4.87. The maximum Gasteiger partial charge on any atom is 0.0822 e. The van der Waals surface area contributed by atoms with Gasteiger partial charge in [-0.25, -0.2) is 4.68 Å². The van der Waals surface area contributed by atoms with Gasteiger partial charge in [-0.1, -0.05) is 78.4 Å². The van der Waals surface area contributed by atoms with Crippen LogP contribution in [0.3, 0.4) is 0 Å². The Kier molecular flexibility index (Phi) is 3.95. The van der Waals surface area contributed by atoms with Gasteiger partial charge in [-0.3, -0.25) is 0 Å². The SMILES string of the molecule is Cc1ccc(-c2c(C)nn(-c3ccccc3)c2-c2ccccc2)cc1. The number of hydrogen-bond donors (Lipinski definition) is 0. The lowest BCUT2D eigenvalue weighted by Crippen LogP contribution is -1.99. The lowest BCUT2D eigenvalue weighted by atomic mass is 9.98. The quantitative estimate of drug-likeness (QED) is 0.464. The molecule has 2 heteroatoms. The van der Waals surface area contributed by atoms with E-state index in [0.717, 1.165) is 17.1 Å². The zero-order valence-electron chi connectivity index (χ0n) is 14.5. The Balaban J connectivity index is 2.01. The molecule has 0 N–H and O–H groups in total. The molecule has 0 saturated carbocycles.